The SMILES string of the molecule is COc1ccc(NC(=O)COc2cc(C)c(Cl)cc2C(C)C)cc1Cl. The number of rotatable bonds is 6. The number of ether oxygens (including phenoxy) is 2. The number of benzene rings is 2. The van der Waals surface area contributed by atoms with E-state index in [2.05, 4.69) is 5.32 Å². The number of aryl methyl sites for hydroxylation is 1. The Morgan fingerprint density at radius 1 is 1.12 bits per heavy atom. The van der Waals surface area contributed by atoms with E-state index in [9.17, 15) is 4.79 Å². The van der Waals surface area contributed by atoms with E-state index in [1.165, 1.54) is 7.11 Å². The Labute approximate surface area is 158 Å². The Balaban J connectivity index is 2.05. The van der Waals surface area contributed by atoms with Gasteiger partial charge < -0.3 is 14.8 Å². The van der Waals surface area contributed by atoms with Crippen molar-refractivity contribution in [3.8, 4) is 11.5 Å². The summed E-state index contributed by atoms with van der Waals surface area (Å²) in [6.07, 6.45) is 0. The van der Waals surface area contributed by atoms with Crippen molar-refractivity contribution < 1.29 is 14.3 Å². The number of nitrogens with one attached hydrogen (secondary N) is 1. The molecule has 0 saturated carbocycles. The number of hydrogen-bond donors (Lipinski definition) is 1. The molecular formula is C19H21Cl2NO3. The van der Waals surface area contributed by atoms with E-state index in [0.29, 0.717) is 27.2 Å². The Kier molecular flexibility index (Phi) is 6.57. The lowest BCUT2D eigenvalue weighted by molar-refractivity contribution is -0.118. The molecule has 0 unspecified atom stereocenters. The molecule has 0 spiro atoms. The number of methoxy groups -OCH3 is 1. The monoisotopic (exact) mass is 381 g/mol. The summed E-state index contributed by atoms with van der Waals surface area (Å²) < 4.78 is 10.8. The van der Waals surface area contributed by atoms with Crippen molar-refractivity contribution in [1.82, 2.24) is 0 Å². The molecule has 0 heterocycles. The van der Waals surface area contributed by atoms with Gasteiger partial charge in [0.15, 0.2) is 6.61 Å². The molecule has 0 aliphatic heterocycles. The fourth-order valence-corrected chi connectivity index (χ4v) is 2.76. The van der Waals surface area contributed by atoms with Gasteiger partial charge in [-0.15, -0.1) is 0 Å². The number of halogens is 2. The second kappa shape index (κ2) is 8.45. The smallest absolute Gasteiger partial charge is 0.262 e. The van der Waals surface area contributed by atoms with Crippen LogP contribution in [0.15, 0.2) is 30.3 Å². The molecule has 2 aromatic carbocycles. The first-order chi connectivity index (χ1) is 11.8. The molecule has 25 heavy (non-hydrogen) atoms. The van der Waals surface area contributed by atoms with Crippen molar-refractivity contribution in [2.24, 2.45) is 0 Å². The average Bonchev–Trinajstić information content (AvgIpc) is 2.55. The highest BCUT2D eigenvalue weighted by Gasteiger charge is 2.13. The van der Waals surface area contributed by atoms with Crippen LogP contribution in [0.2, 0.25) is 10.0 Å². The molecule has 2 rings (SSSR count). The molecule has 1 amide bonds. The van der Waals surface area contributed by atoms with Crippen molar-refractivity contribution >= 4 is 34.8 Å². The number of anilines is 1. The number of amides is 1. The lowest BCUT2D eigenvalue weighted by Gasteiger charge is -2.16. The quantitative estimate of drug-likeness (QED) is 0.723. The molecule has 0 aliphatic carbocycles. The second-order valence-corrected chi connectivity index (χ2v) is 6.79. The molecule has 2 aromatic rings. The third kappa shape index (κ3) is 5.03. The van der Waals surface area contributed by atoms with E-state index in [0.717, 1.165) is 11.1 Å². The molecule has 6 heteroatoms. The van der Waals surface area contributed by atoms with Gasteiger partial charge in [-0.05, 0) is 54.3 Å². The molecule has 0 aliphatic rings. The minimum atomic E-state index is -0.274. The minimum Gasteiger partial charge on any atom is -0.495 e. The first-order valence-corrected chi connectivity index (χ1v) is 8.63. The average molecular weight is 382 g/mol. The van der Waals surface area contributed by atoms with Crippen molar-refractivity contribution in [3.05, 3.63) is 51.5 Å². The van der Waals surface area contributed by atoms with Gasteiger partial charge in [0.1, 0.15) is 11.5 Å². The molecule has 0 saturated heterocycles. The summed E-state index contributed by atoms with van der Waals surface area (Å²) in [6.45, 7) is 5.89. The largest absolute Gasteiger partial charge is 0.495 e. The Morgan fingerprint density at radius 3 is 2.44 bits per heavy atom. The van der Waals surface area contributed by atoms with E-state index in [4.69, 9.17) is 32.7 Å². The van der Waals surface area contributed by atoms with Crippen LogP contribution in [-0.2, 0) is 4.79 Å². The third-order valence-electron chi connectivity index (χ3n) is 3.71. The summed E-state index contributed by atoms with van der Waals surface area (Å²) in [5.41, 5.74) is 2.45. The molecule has 134 valence electrons. The van der Waals surface area contributed by atoms with Gasteiger partial charge in [-0.2, -0.15) is 0 Å². The van der Waals surface area contributed by atoms with Crippen LogP contribution in [0.3, 0.4) is 0 Å². The van der Waals surface area contributed by atoms with Crippen LogP contribution in [0.4, 0.5) is 5.69 Å². The van der Waals surface area contributed by atoms with Gasteiger partial charge in [0, 0.05) is 10.7 Å². The van der Waals surface area contributed by atoms with Gasteiger partial charge in [0.05, 0.1) is 12.1 Å². The lowest BCUT2D eigenvalue weighted by Crippen LogP contribution is -2.20. The van der Waals surface area contributed by atoms with Crippen LogP contribution in [0.25, 0.3) is 0 Å². The lowest BCUT2D eigenvalue weighted by atomic mass is 10.0. The number of hydrogen-bond acceptors (Lipinski definition) is 3. The highest BCUT2D eigenvalue weighted by atomic mass is 35.5. The van der Waals surface area contributed by atoms with E-state index < -0.39 is 0 Å². The van der Waals surface area contributed by atoms with Crippen molar-refractivity contribution in [3.63, 3.8) is 0 Å². The van der Waals surface area contributed by atoms with E-state index >= 15 is 0 Å². The summed E-state index contributed by atoms with van der Waals surface area (Å²) in [5, 5.41) is 3.86. The van der Waals surface area contributed by atoms with E-state index in [1.54, 1.807) is 18.2 Å². The minimum absolute atomic E-state index is 0.107. The molecule has 1 N–H and O–H groups in total. The Hall–Kier alpha value is -1.91. The molecule has 0 aromatic heterocycles. The highest BCUT2D eigenvalue weighted by Crippen LogP contribution is 2.32. The molecule has 0 fully saturated rings. The summed E-state index contributed by atoms with van der Waals surface area (Å²) in [7, 11) is 1.54. The fraction of sp³-hybridized carbons (Fsp3) is 0.316. The van der Waals surface area contributed by atoms with Crippen molar-refractivity contribution in [1.29, 1.82) is 0 Å². The molecule has 4 nitrogen and oxygen atoms in total. The van der Waals surface area contributed by atoms with E-state index in [-0.39, 0.29) is 18.4 Å². The van der Waals surface area contributed by atoms with Gasteiger partial charge in [0.25, 0.3) is 5.91 Å². The molecular weight excluding hydrogens is 361 g/mol. The van der Waals surface area contributed by atoms with Gasteiger partial charge in [-0.25, -0.2) is 0 Å². The van der Waals surface area contributed by atoms with Crippen LogP contribution < -0.4 is 14.8 Å². The maximum atomic E-state index is 12.1. The molecule has 0 radical (unpaired) electrons. The molecule has 0 bridgehead atoms. The predicted octanol–water partition coefficient (Wildman–Crippen LogP) is 5.45. The summed E-state index contributed by atoms with van der Waals surface area (Å²) in [5.74, 6) is 1.18. The Bertz CT molecular complexity index is 776. The highest BCUT2D eigenvalue weighted by molar-refractivity contribution is 6.32. The number of carbonyl (C=O) groups is 1. The first-order valence-electron chi connectivity index (χ1n) is 7.88. The third-order valence-corrected chi connectivity index (χ3v) is 4.41. The zero-order chi connectivity index (χ0) is 18.6. The summed E-state index contributed by atoms with van der Waals surface area (Å²) >= 11 is 12.2. The normalized spacial score (nSPS) is 10.7. The van der Waals surface area contributed by atoms with Crippen LogP contribution >= 0.6 is 23.2 Å². The van der Waals surface area contributed by atoms with Crippen molar-refractivity contribution in [2.75, 3.05) is 19.0 Å². The van der Waals surface area contributed by atoms with Crippen LogP contribution in [0.5, 0.6) is 11.5 Å². The topological polar surface area (TPSA) is 47.6 Å². The van der Waals surface area contributed by atoms with Crippen molar-refractivity contribution in [2.45, 2.75) is 26.7 Å². The summed E-state index contributed by atoms with van der Waals surface area (Å²) in [4.78, 5) is 12.1. The predicted molar refractivity (Wildman–Crippen MR) is 102 cm³/mol. The maximum absolute atomic E-state index is 12.1. The van der Waals surface area contributed by atoms with E-state index in [1.807, 2.05) is 32.9 Å². The molecule has 0 atom stereocenters. The fourth-order valence-electron chi connectivity index (χ4n) is 2.33. The van der Waals surface area contributed by atoms with Crippen LogP contribution in [0, 0.1) is 6.92 Å². The second-order valence-electron chi connectivity index (χ2n) is 5.98. The number of carbonyl (C=O) groups excluding carboxylic acids is 1. The standard InChI is InChI=1S/C19H21Cl2NO3/c1-11(2)14-9-15(20)12(3)7-18(14)25-10-19(23)22-13-5-6-17(24-4)16(21)8-13/h5-9,11H,10H2,1-4H3,(H,22,23). The maximum Gasteiger partial charge on any atom is 0.262 e. The van der Waals surface area contributed by atoms with Gasteiger partial charge in [-0.3, -0.25) is 4.79 Å². The van der Waals surface area contributed by atoms with Gasteiger partial charge >= 0.3 is 0 Å². The summed E-state index contributed by atoms with van der Waals surface area (Å²) in [6, 6.07) is 8.78. The first kappa shape index (κ1) is 19.4. The van der Waals surface area contributed by atoms with Gasteiger partial charge in [0.2, 0.25) is 0 Å². The van der Waals surface area contributed by atoms with Gasteiger partial charge in [-0.1, -0.05) is 37.0 Å². The van der Waals surface area contributed by atoms with Crippen LogP contribution in [-0.4, -0.2) is 19.6 Å². The Morgan fingerprint density at radius 2 is 1.84 bits per heavy atom. The van der Waals surface area contributed by atoms with Crippen LogP contribution in [0.1, 0.15) is 30.9 Å². The zero-order valence-corrected chi connectivity index (χ0v) is 16.2. The zero-order valence-electron chi connectivity index (χ0n) is 14.7.